The van der Waals surface area contributed by atoms with Crippen LogP contribution in [0.2, 0.25) is 0 Å². The molecule has 3 rings (SSSR count). The number of aromatic nitrogens is 2. The Kier molecular flexibility index (Phi) is 26.7. The number of ether oxygens (including phenoxy) is 1. The Hall–Kier alpha value is -3.57. The van der Waals surface area contributed by atoms with Crippen molar-refractivity contribution in [1.29, 1.82) is 5.41 Å². The fourth-order valence-electron chi connectivity index (χ4n) is 3.82. The number of allylic oxidation sites excluding steroid dienone is 1. The van der Waals surface area contributed by atoms with Gasteiger partial charge in [-0.15, -0.1) is 16.7 Å². The normalized spacial score (nSPS) is 11.9. The molecule has 1 saturated heterocycles. The number of unbranched alkanes of at least 4 members (excludes halogenated alkanes) is 1. The van der Waals surface area contributed by atoms with Gasteiger partial charge in [0.2, 0.25) is 0 Å². The lowest BCUT2D eigenvalue weighted by molar-refractivity contribution is -0.757. The van der Waals surface area contributed by atoms with Crippen molar-refractivity contribution in [3.8, 4) is 17.1 Å². The van der Waals surface area contributed by atoms with Crippen molar-refractivity contribution in [1.82, 2.24) is 19.8 Å². The van der Waals surface area contributed by atoms with Gasteiger partial charge in [-0.25, -0.2) is 4.98 Å². The first-order chi connectivity index (χ1) is 22.3. The van der Waals surface area contributed by atoms with Crippen molar-refractivity contribution in [2.24, 2.45) is 0 Å². The molecule has 0 saturated carbocycles. The minimum Gasteiger partial charge on any atom is -0.493 e. The Bertz CT molecular complexity index is 1210. The molecular weight excluding hydrogens is 596 g/mol. The van der Waals surface area contributed by atoms with Gasteiger partial charge in [0.05, 0.1) is 23.6 Å². The first kappa shape index (κ1) is 45.6. The molecule has 11 nitrogen and oxygen atoms in total. The topological polar surface area (TPSA) is 138 Å². The van der Waals surface area contributed by atoms with Gasteiger partial charge in [0.1, 0.15) is 18.2 Å². The Morgan fingerprint density at radius 2 is 1.72 bits per heavy atom. The molecule has 0 radical (unpaired) electrons. The molecular formula is C36H64N6O5. The van der Waals surface area contributed by atoms with Gasteiger partial charge in [-0.2, -0.15) is 0 Å². The molecule has 0 unspecified atom stereocenters. The van der Waals surface area contributed by atoms with E-state index in [2.05, 4.69) is 72.9 Å². The summed E-state index contributed by atoms with van der Waals surface area (Å²) in [6.07, 6.45) is 8.29. The molecule has 2 heterocycles. The van der Waals surface area contributed by atoms with E-state index in [-0.39, 0.29) is 12.2 Å². The van der Waals surface area contributed by atoms with Crippen molar-refractivity contribution in [3.05, 3.63) is 68.1 Å². The molecule has 11 heteroatoms. The molecule has 0 bridgehead atoms. The van der Waals surface area contributed by atoms with Gasteiger partial charge in [-0.1, -0.05) is 84.9 Å². The molecule has 268 valence electrons. The molecule has 0 amide bonds. The molecule has 1 fully saturated rings. The Labute approximate surface area is 284 Å². The lowest BCUT2D eigenvalue weighted by Gasteiger charge is -2.41. The number of hydrogen-bond donors (Lipinski definition) is 2. The van der Waals surface area contributed by atoms with Gasteiger partial charge in [-0.3, -0.25) is 9.69 Å². The number of aromatic amines is 1. The second kappa shape index (κ2) is 27.5. The van der Waals surface area contributed by atoms with E-state index in [0.717, 1.165) is 37.1 Å². The number of hydrogen-bond acceptors (Lipinski definition) is 9. The Morgan fingerprint density at radius 1 is 1.15 bits per heavy atom. The first-order valence-corrected chi connectivity index (χ1v) is 17.0. The van der Waals surface area contributed by atoms with Crippen LogP contribution in [0.1, 0.15) is 104 Å². The molecule has 0 spiro atoms. The highest BCUT2D eigenvalue weighted by Crippen LogP contribution is 2.28. The van der Waals surface area contributed by atoms with E-state index in [4.69, 9.17) is 10.1 Å². The summed E-state index contributed by atoms with van der Waals surface area (Å²) in [6, 6.07) is 6.30. The van der Waals surface area contributed by atoms with E-state index in [9.17, 15) is 14.9 Å². The van der Waals surface area contributed by atoms with Gasteiger partial charge in [0.25, 0.3) is 10.6 Å². The zero-order valence-electron chi connectivity index (χ0n) is 31.2. The summed E-state index contributed by atoms with van der Waals surface area (Å²) in [6.45, 7) is 25.1. The van der Waals surface area contributed by atoms with Gasteiger partial charge in [0.15, 0.2) is 0 Å². The fourth-order valence-corrected chi connectivity index (χ4v) is 3.82. The summed E-state index contributed by atoms with van der Waals surface area (Å²) in [5.74, 6) is 1.13. The zero-order chi connectivity index (χ0) is 36.4. The van der Waals surface area contributed by atoms with E-state index < -0.39 is 5.09 Å². The summed E-state index contributed by atoms with van der Waals surface area (Å²) in [5, 5.41) is 17.3. The smallest absolute Gasteiger partial charge is 0.294 e. The van der Waals surface area contributed by atoms with Crippen LogP contribution < -0.4 is 10.3 Å². The minimum absolute atomic E-state index is 0.156. The predicted molar refractivity (Wildman–Crippen MR) is 197 cm³/mol. The molecule has 2 aromatic rings. The van der Waals surface area contributed by atoms with Crippen LogP contribution in [0.4, 0.5) is 0 Å². The molecule has 2 N–H and O–H groups in total. The number of likely N-dealkylation sites (N-methyl/N-ethyl adjacent to an activating group) is 2. The number of H-pyrrole nitrogens is 1. The van der Waals surface area contributed by atoms with Crippen LogP contribution in [0.25, 0.3) is 11.4 Å². The third-order valence-corrected chi connectivity index (χ3v) is 6.72. The molecule has 1 aliphatic heterocycles. The van der Waals surface area contributed by atoms with E-state index in [1.807, 2.05) is 52.1 Å². The molecule has 1 aromatic carbocycles. The summed E-state index contributed by atoms with van der Waals surface area (Å²) in [5.41, 5.74) is 2.93. The van der Waals surface area contributed by atoms with Crippen molar-refractivity contribution in [3.63, 3.8) is 0 Å². The fraction of sp³-hybridized carbons (Fsp3) is 0.639. The molecule has 1 aliphatic rings. The molecule has 0 aliphatic carbocycles. The summed E-state index contributed by atoms with van der Waals surface area (Å²) in [4.78, 5) is 38.0. The van der Waals surface area contributed by atoms with Crippen LogP contribution in [-0.2, 0) is 4.84 Å². The second-order valence-electron chi connectivity index (χ2n) is 11.4. The number of rotatable bonds is 13. The number of aryl methyl sites for hydroxylation is 1. The summed E-state index contributed by atoms with van der Waals surface area (Å²) >= 11 is 0. The van der Waals surface area contributed by atoms with E-state index in [0.29, 0.717) is 54.2 Å². The number of benzene rings is 1. The summed E-state index contributed by atoms with van der Waals surface area (Å²) < 4.78 is 5.65. The molecule has 0 atom stereocenters. The van der Waals surface area contributed by atoms with E-state index >= 15 is 0 Å². The van der Waals surface area contributed by atoms with Gasteiger partial charge in [0, 0.05) is 31.2 Å². The third kappa shape index (κ3) is 19.6. The maximum Gasteiger partial charge on any atom is 0.294 e. The Balaban J connectivity index is 0. The minimum atomic E-state index is -0.749. The van der Waals surface area contributed by atoms with Crippen LogP contribution >= 0.6 is 0 Å². The number of likely N-dealkylation sites (tertiary alicyclic amines) is 1. The van der Waals surface area contributed by atoms with Crippen LogP contribution in [-0.4, -0.2) is 83.6 Å². The molecule has 47 heavy (non-hydrogen) atoms. The van der Waals surface area contributed by atoms with Crippen molar-refractivity contribution in [2.45, 2.75) is 107 Å². The number of nitrogens with zero attached hydrogens (tertiary/aromatic N) is 4. The van der Waals surface area contributed by atoms with Crippen LogP contribution in [0.5, 0.6) is 5.75 Å². The summed E-state index contributed by atoms with van der Waals surface area (Å²) in [7, 11) is 4.01. The maximum atomic E-state index is 12.3. The van der Waals surface area contributed by atoms with Gasteiger partial charge >= 0.3 is 0 Å². The number of nitrogens with one attached hydrogen (secondary N) is 2. The first-order valence-electron chi connectivity index (χ1n) is 17.0. The monoisotopic (exact) mass is 660 g/mol. The van der Waals surface area contributed by atoms with Crippen molar-refractivity contribution < 1.29 is 14.7 Å². The largest absolute Gasteiger partial charge is 0.493 e. The quantitative estimate of drug-likeness (QED) is 0.0958. The van der Waals surface area contributed by atoms with Crippen LogP contribution in [0.3, 0.4) is 0 Å². The van der Waals surface area contributed by atoms with Gasteiger partial charge < -0.3 is 24.9 Å². The SMILES string of the molecule is C=CCC.CCC.CCCC.CCCC(=N)c1nc(-c2cc(C)ccc2OCC)[nH]c(=O)c1C.CN1CC(N(C)CCO[N+](=O)[O-])C1. The van der Waals surface area contributed by atoms with Crippen molar-refractivity contribution in [2.75, 3.05) is 46.9 Å². The maximum absolute atomic E-state index is 12.3. The lowest BCUT2D eigenvalue weighted by atomic mass is 10.1. The highest BCUT2D eigenvalue weighted by molar-refractivity contribution is 5.97. The second-order valence-corrected chi connectivity index (χ2v) is 11.4. The van der Waals surface area contributed by atoms with E-state index in [1.165, 1.54) is 19.3 Å². The average molecular weight is 661 g/mol. The highest BCUT2D eigenvalue weighted by atomic mass is 16.9. The molecule has 1 aromatic heterocycles. The van der Waals surface area contributed by atoms with E-state index in [1.54, 1.807) is 6.92 Å². The average Bonchev–Trinajstić information content (AvgIpc) is 3.02. The van der Waals surface area contributed by atoms with Crippen LogP contribution in [0.15, 0.2) is 35.6 Å². The highest BCUT2D eigenvalue weighted by Gasteiger charge is 2.26. The Morgan fingerprint density at radius 3 is 2.17 bits per heavy atom. The van der Waals surface area contributed by atoms with Crippen molar-refractivity contribution >= 4 is 5.71 Å². The van der Waals surface area contributed by atoms with Gasteiger partial charge in [-0.05, 0) is 59.8 Å². The third-order valence-electron chi connectivity index (χ3n) is 6.72. The standard InChI is InChI=1S/C18H23N3O2.C7H15N3O3.C4H10.C4H8.C3H8/c1-5-7-14(19)16-12(4)18(22)21-17(20-16)13-10-11(3)8-9-15(13)23-6-2;1-8-5-7(6-8)9(2)3-4-13-10(11)12;2*1-3-4-2;1-3-2/h8-10,19H,5-7H2,1-4H3,(H,20,21,22);7H,3-6H2,1-2H3;3-4H2,1-2H3;3H,1,4H2,2H3;3H2,1-2H3. The zero-order valence-corrected chi connectivity index (χ0v) is 31.2. The lowest BCUT2D eigenvalue weighted by Crippen LogP contribution is -2.57. The predicted octanol–water partition coefficient (Wildman–Crippen LogP) is 7.87. The van der Waals surface area contributed by atoms with Crippen LogP contribution in [0, 0.1) is 29.4 Å².